The fourth-order valence-electron chi connectivity index (χ4n) is 5.47. The summed E-state index contributed by atoms with van der Waals surface area (Å²) < 4.78 is 6.06. The molecule has 0 N–H and O–H groups in total. The van der Waals surface area contributed by atoms with E-state index in [1.807, 2.05) is 35.2 Å². The van der Waals surface area contributed by atoms with Gasteiger partial charge >= 0.3 is 6.09 Å². The molecule has 4 unspecified atom stereocenters. The average Bonchev–Trinajstić information content (AvgIpc) is 3.31. The van der Waals surface area contributed by atoms with Gasteiger partial charge in [-0.15, -0.1) is 0 Å². The van der Waals surface area contributed by atoms with Gasteiger partial charge in [-0.25, -0.2) is 4.79 Å². The van der Waals surface area contributed by atoms with Crippen molar-refractivity contribution >= 4 is 11.8 Å². The van der Waals surface area contributed by atoms with Crippen LogP contribution in [0.25, 0.3) is 0 Å². The van der Waals surface area contributed by atoms with Gasteiger partial charge in [-0.05, 0) is 74.6 Å². The number of nitrogens with zero attached hydrogens (tertiary/aromatic N) is 2. The Labute approximate surface area is 155 Å². The van der Waals surface area contributed by atoms with E-state index in [0.29, 0.717) is 17.8 Å². The van der Waals surface area contributed by atoms with Gasteiger partial charge in [0.1, 0.15) is 6.10 Å². The fourth-order valence-corrected chi connectivity index (χ4v) is 5.47. The van der Waals surface area contributed by atoms with Crippen molar-refractivity contribution in [3.05, 3.63) is 42.5 Å². The molecule has 6 rings (SSSR count). The summed E-state index contributed by atoms with van der Waals surface area (Å²) in [7, 11) is 0. The topological polar surface area (TPSA) is 32.8 Å². The number of benzene rings is 1. The van der Waals surface area contributed by atoms with Crippen molar-refractivity contribution in [3.8, 4) is 0 Å². The average molecular weight is 352 g/mol. The second-order valence-corrected chi connectivity index (χ2v) is 8.55. The summed E-state index contributed by atoms with van der Waals surface area (Å²) in [6.07, 6.45) is 9.44. The monoisotopic (exact) mass is 352 g/mol. The summed E-state index contributed by atoms with van der Waals surface area (Å²) in [4.78, 5) is 17.5. The maximum Gasteiger partial charge on any atom is 0.414 e. The number of amides is 1. The number of para-hydroxylation sites is 1. The van der Waals surface area contributed by atoms with Crippen molar-refractivity contribution in [2.24, 2.45) is 23.7 Å². The largest absolute Gasteiger partial charge is 0.444 e. The minimum absolute atomic E-state index is 0.0659. The molecule has 3 saturated heterocycles. The smallest absolute Gasteiger partial charge is 0.414 e. The van der Waals surface area contributed by atoms with Crippen molar-refractivity contribution in [1.82, 2.24) is 4.90 Å². The molecule has 26 heavy (non-hydrogen) atoms. The Morgan fingerprint density at radius 2 is 1.92 bits per heavy atom. The molecule has 0 radical (unpaired) electrons. The molecule has 4 bridgehead atoms. The highest BCUT2D eigenvalue weighted by molar-refractivity contribution is 5.87. The lowest BCUT2D eigenvalue weighted by atomic mass is 9.86. The van der Waals surface area contributed by atoms with E-state index < -0.39 is 0 Å². The number of hydrogen-bond acceptors (Lipinski definition) is 3. The molecule has 2 aliphatic carbocycles. The molecule has 4 heteroatoms. The van der Waals surface area contributed by atoms with Crippen molar-refractivity contribution in [2.75, 3.05) is 31.1 Å². The van der Waals surface area contributed by atoms with Crippen LogP contribution in [0.3, 0.4) is 0 Å². The van der Waals surface area contributed by atoms with Gasteiger partial charge < -0.3 is 4.74 Å². The number of rotatable bonds is 4. The van der Waals surface area contributed by atoms with Gasteiger partial charge in [0.2, 0.25) is 0 Å². The Hall–Kier alpha value is -1.81. The predicted molar refractivity (Wildman–Crippen MR) is 102 cm³/mol. The number of carbonyl (C=O) groups excluding carboxylic acids is 1. The van der Waals surface area contributed by atoms with E-state index in [9.17, 15) is 4.79 Å². The van der Waals surface area contributed by atoms with E-state index in [0.717, 1.165) is 24.7 Å². The first-order valence-corrected chi connectivity index (χ1v) is 10.2. The minimum Gasteiger partial charge on any atom is -0.444 e. The summed E-state index contributed by atoms with van der Waals surface area (Å²) in [5.41, 5.74) is 0.963. The summed E-state index contributed by atoms with van der Waals surface area (Å²) in [6.45, 7) is 4.02. The van der Waals surface area contributed by atoms with Crippen LogP contribution in [0, 0.1) is 23.7 Å². The minimum atomic E-state index is -0.151. The van der Waals surface area contributed by atoms with Gasteiger partial charge in [-0.3, -0.25) is 9.80 Å². The lowest BCUT2D eigenvalue weighted by Gasteiger charge is -2.44. The summed E-state index contributed by atoms with van der Waals surface area (Å²) in [5.74, 6) is 2.47. The van der Waals surface area contributed by atoms with Crippen molar-refractivity contribution in [1.29, 1.82) is 0 Å². The molecule has 4 fully saturated rings. The molecule has 3 aliphatic heterocycles. The molecular weight excluding hydrogens is 324 g/mol. The third-order valence-corrected chi connectivity index (χ3v) is 6.97. The molecule has 0 aromatic heterocycles. The number of hydrogen-bond donors (Lipinski definition) is 0. The second kappa shape index (κ2) is 6.73. The first-order chi connectivity index (χ1) is 12.8. The second-order valence-electron chi connectivity index (χ2n) is 8.55. The number of carbonyl (C=O) groups is 1. The zero-order chi connectivity index (χ0) is 17.5. The quantitative estimate of drug-likeness (QED) is 0.770. The van der Waals surface area contributed by atoms with Crippen LogP contribution in [0.4, 0.5) is 10.5 Å². The first kappa shape index (κ1) is 16.4. The first-order valence-electron chi connectivity index (χ1n) is 10.2. The molecule has 0 spiro atoms. The SMILES string of the molecule is O=C(OC1CN2CCC1CC2)N(CC1CC2C=CC1C2)c1ccccc1. The van der Waals surface area contributed by atoms with Crippen molar-refractivity contribution in [3.63, 3.8) is 0 Å². The van der Waals surface area contributed by atoms with Crippen LogP contribution in [0.2, 0.25) is 0 Å². The van der Waals surface area contributed by atoms with Gasteiger partial charge in [0, 0.05) is 18.8 Å². The van der Waals surface area contributed by atoms with Crippen LogP contribution in [-0.4, -0.2) is 43.3 Å². The molecule has 4 atom stereocenters. The van der Waals surface area contributed by atoms with Gasteiger partial charge in [0.15, 0.2) is 0 Å². The normalized spacial score (nSPS) is 37.1. The van der Waals surface area contributed by atoms with E-state index in [2.05, 4.69) is 17.1 Å². The number of fused-ring (bicyclic) bond motifs is 5. The zero-order valence-electron chi connectivity index (χ0n) is 15.3. The third-order valence-electron chi connectivity index (χ3n) is 6.97. The van der Waals surface area contributed by atoms with Crippen LogP contribution >= 0.6 is 0 Å². The highest BCUT2D eigenvalue weighted by Crippen LogP contribution is 2.44. The standard InChI is InChI=1S/C22H28N2O2/c25-22(26-21-15-23-10-8-17(21)9-11-23)24(20-4-2-1-3-5-20)14-19-13-16-6-7-18(19)12-16/h1-7,16-19,21H,8-15H2. The van der Waals surface area contributed by atoms with Crippen LogP contribution in [0.5, 0.6) is 0 Å². The van der Waals surface area contributed by atoms with E-state index in [4.69, 9.17) is 4.74 Å². The highest BCUT2D eigenvalue weighted by atomic mass is 16.6. The summed E-state index contributed by atoms with van der Waals surface area (Å²) in [5, 5.41) is 0. The maximum atomic E-state index is 13.1. The highest BCUT2D eigenvalue weighted by Gasteiger charge is 2.40. The fraction of sp³-hybridized carbons (Fsp3) is 0.591. The lowest BCUT2D eigenvalue weighted by molar-refractivity contribution is -0.0312. The predicted octanol–water partition coefficient (Wildman–Crippen LogP) is 3.94. The van der Waals surface area contributed by atoms with Crippen LogP contribution in [0.1, 0.15) is 25.7 Å². The number of anilines is 1. The Bertz CT molecular complexity index is 681. The molecule has 138 valence electrons. The lowest BCUT2D eigenvalue weighted by Crippen LogP contribution is -2.53. The van der Waals surface area contributed by atoms with E-state index in [1.54, 1.807) is 0 Å². The molecule has 5 aliphatic rings. The molecule has 1 amide bonds. The molecular formula is C22H28N2O2. The van der Waals surface area contributed by atoms with Crippen molar-refractivity contribution in [2.45, 2.75) is 31.8 Å². The third kappa shape index (κ3) is 3.05. The number of piperidine rings is 3. The van der Waals surface area contributed by atoms with Crippen LogP contribution in [-0.2, 0) is 4.74 Å². The Morgan fingerprint density at radius 1 is 1.12 bits per heavy atom. The molecule has 1 saturated carbocycles. The molecule has 3 heterocycles. The van der Waals surface area contributed by atoms with E-state index in [1.165, 1.54) is 38.8 Å². The number of allylic oxidation sites excluding steroid dienone is 2. The maximum absolute atomic E-state index is 13.1. The van der Waals surface area contributed by atoms with E-state index >= 15 is 0 Å². The van der Waals surface area contributed by atoms with Crippen LogP contribution < -0.4 is 4.90 Å². The van der Waals surface area contributed by atoms with Crippen LogP contribution in [0.15, 0.2) is 42.5 Å². The van der Waals surface area contributed by atoms with E-state index in [-0.39, 0.29) is 12.2 Å². The van der Waals surface area contributed by atoms with Gasteiger partial charge in [-0.2, -0.15) is 0 Å². The molecule has 4 nitrogen and oxygen atoms in total. The summed E-state index contributed by atoms with van der Waals surface area (Å²) in [6, 6.07) is 10.1. The Kier molecular flexibility index (Phi) is 4.24. The van der Waals surface area contributed by atoms with Gasteiger partial charge in [-0.1, -0.05) is 30.4 Å². The molecule has 1 aromatic carbocycles. The van der Waals surface area contributed by atoms with Crippen molar-refractivity contribution < 1.29 is 9.53 Å². The number of ether oxygens (including phenoxy) is 1. The zero-order valence-corrected chi connectivity index (χ0v) is 15.3. The van der Waals surface area contributed by atoms with Gasteiger partial charge in [0.05, 0.1) is 0 Å². The Balaban J connectivity index is 1.32. The molecule has 1 aromatic rings. The van der Waals surface area contributed by atoms with Gasteiger partial charge in [0.25, 0.3) is 0 Å². The summed E-state index contributed by atoms with van der Waals surface area (Å²) >= 11 is 0. The Morgan fingerprint density at radius 3 is 2.54 bits per heavy atom.